The fourth-order valence-corrected chi connectivity index (χ4v) is 3.26. The highest BCUT2D eigenvalue weighted by Crippen LogP contribution is 2.20. The van der Waals surface area contributed by atoms with Crippen molar-refractivity contribution in [2.45, 2.75) is 38.9 Å². The van der Waals surface area contributed by atoms with E-state index in [4.69, 9.17) is 4.74 Å². The summed E-state index contributed by atoms with van der Waals surface area (Å²) in [6.45, 7) is 4.34. The lowest BCUT2D eigenvalue weighted by Gasteiger charge is -2.33. The van der Waals surface area contributed by atoms with Gasteiger partial charge in [-0.25, -0.2) is 4.79 Å². The molecule has 2 amide bonds. The number of carbonyl (C=O) groups is 3. The van der Waals surface area contributed by atoms with E-state index in [1.807, 2.05) is 32.9 Å². The fourth-order valence-electron chi connectivity index (χ4n) is 2.85. The summed E-state index contributed by atoms with van der Waals surface area (Å²) in [5.41, 5.74) is 0.510. The Hall–Kier alpha value is -2.71. The van der Waals surface area contributed by atoms with Gasteiger partial charge in [-0.3, -0.25) is 9.59 Å². The van der Waals surface area contributed by atoms with Crippen molar-refractivity contribution in [3.8, 4) is 0 Å². The van der Waals surface area contributed by atoms with E-state index in [1.165, 1.54) is 4.90 Å². The van der Waals surface area contributed by atoms with Gasteiger partial charge in [0.05, 0.1) is 5.56 Å². The van der Waals surface area contributed by atoms with Gasteiger partial charge in [0, 0.05) is 16.6 Å². The number of nitrogens with one attached hydrogen (secondary N) is 1. The molecule has 31 heavy (non-hydrogen) atoms. The highest BCUT2D eigenvalue weighted by molar-refractivity contribution is 9.10. The predicted octanol–water partition coefficient (Wildman–Crippen LogP) is 2.91. The highest BCUT2D eigenvalue weighted by Gasteiger charge is 2.33. The maximum atomic E-state index is 13.1. The number of rotatable bonds is 8. The molecule has 0 fully saturated rings. The van der Waals surface area contributed by atoms with Crippen LogP contribution >= 0.6 is 15.9 Å². The first kappa shape index (κ1) is 24.6. The van der Waals surface area contributed by atoms with Crippen LogP contribution in [0.25, 0.3) is 0 Å². The number of hydrogen-bond donors (Lipinski definition) is 2. The molecule has 0 aliphatic rings. The number of nitrogens with zero attached hydrogens (tertiary/aromatic N) is 1. The Balaban J connectivity index is 2.31. The minimum absolute atomic E-state index is 0.0476. The van der Waals surface area contributed by atoms with Crippen LogP contribution in [0, 0.1) is 0 Å². The first-order valence-corrected chi connectivity index (χ1v) is 10.6. The van der Waals surface area contributed by atoms with Crippen LogP contribution in [0.15, 0.2) is 59.1 Å². The maximum absolute atomic E-state index is 13.1. The second-order valence-electron chi connectivity index (χ2n) is 7.99. The summed E-state index contributed by atoms with van der Waals surface area (Å²) in [5, 5.41) is 12.4. The molecule has 8 heteroatoms. The van der Waals surface area contributed by atoms with Crippen molar-refractivity contribution in [2.75, 3.05) is 13.2 Å². The lowest BCUT2D eigenvalue weighted by molar-refractivity contribution is -0.145. The van der Waals surface area contributed by atoms with E-state index in [1.54, 1.807) is 42.5 Å². The van der Waals surface area contributed by atoms with Gasteiger partial charge in [0.25, 0.3) is 0 Å². The normalized spacial score (nSPS) is 12.0. The minimum atomic E-state index is -1.13. The number of amides is 2. The number of esters is 1. The zero-order chi connectivity index (χ0) is 23.0. The average molecular weight is 491 g/mol. The van der Waals surface area contributed by atoms with Gasteiger partial charge >= 0.3 is 5.97 Å². The van der Waals surface area contributed by atoms with Crippen molar-refractivity contribution in [2.24, 2.45) is 0 Å². The third-order valence-electron chi connectivity index (χ3n) is 4.31. The summed E-state index contributed by atoms with van der Waals surface area (Å²) < 4.78 is 6.13. The van der Waals surface area contributed by atoms with Crippen molar-refractivity contribution < 1.29 is 24.2 Å². The van der Waals surface area contributed by atoms with E-state index >= 15 is 0 Å². The molecule has 0 unspecified atom stereocenters. The number of carbonyl (C=O) groups excluding carboxylic acids is 3. The van der Waals surface area contributed by atoms with Crippen LogP contribution in [0.3, 0.4) is 0 Å². The number of benzene rings is 2. The second kappa shape index (κ2) is 11.1. The highest BCUT2D eigenvalue weighted by atomic mass is 79.9. The minimum Gasteiger partial charge on any atom is -0.459 e. The number of halogens is 1. The first-order valence-electron chi connectivity index (χ1n) is 9.80. The third-order valence-corrected chi connectivity index (χ3v) is 5.09. The maximum Gasteiger partial charge on any atom is 0.338 e. The molecule has 0 aliphatic carbocycles. The summed E-state index contributed by atoms with van der Waals surface area (Å²) in [6.07, 6.45) is 0. The van der Waals surface area contributed by atoms with E-state index in [2.05, 4.69) is 21.2 Å². The SMILES string of the molecule is CC(C)(C)NC(=O)[C@H](COC(=O)c1ccccc1)N(Cc1ccccc1Br)C(=O)CO. The lowest BCUT2D eigenvalue weighted by atomic mass is 10.1. The van der Waals surface area contributed by atoms with Crippen LogP contribution < -0.4 is 5.32 Å². The molecule has 0 saturated carbocycles. The van der Waals surface area contributed by atoms with E-state index in [9.17, 15) is 19.5 Å². The van der Waals surface area contributed by atoms with Gasteiger partial charge in [0.15, 0.2) is 0 Å². The molecule has 2 rings (SSSR count). The van der Waals surface area contributed by atoms with Gasteiger partial charge in [0.1, 0.15) is 19.3 Å². The van der Waals surface area contributed by atoms with Gasteiger partial charge in [-0.1, -0.05) is 52.3 Å². The smallest absolute Gasteiger partial charge is 0.338 e. The van der Waals surface area contributed by atoms with Crippen molar-refractivity contribution in [3.63, 3.8) is 0 Å². The lowest BCUT2D eigenvalue weighted by Crippen LogP contribution is -2.56. The Kier molecular flexibility index (Phi) is 8.76. The number of aliphatic hydroxyl groups excluding tert-OH is 1. The number of ether oxygens (including phenoxy) is 1. The van der Waals surface area contributed by atoms with Crippen LogP contribution in [-0.2, 0) is 20.9 Å². The summed E-state index contributed by atoms with van der Waals surface area (Å²) in [4.78, 5) is 39.3. The van der Waals surface area contributed by atoms with Crippen molar-refractivity contribution >= 4 is 33.7 Å². The molecule has 2 N–H and O–H groups in total. The van der Waals surface area contributed by atoms with Gasteiger partial charge in [-0.05, 0) is 44.5 Å². The molecule has 0 bridgehead atoms. The summed E-state index contributed by atoms with van der Waals surface area (Å²) in [6, 6.07) is 14.5. The van der Waals surface area contributed by atoms with E-state index in [0.29, 0.717) is 5.56 Å². The molecule has 0 saturated heterocycles. The standard InChI is InChI=1S/C23H27BrN2O5/c1-23(2,3)25-21(29)19(15-31-22(30)16-9-5-4-6-10-16)26(20(28)14-27)13-17-11-7-8-12-18(17)24/h4-12,19,27H,13-15H2,1-3H3,(H,25,29)/t19-/m0/s1. The Morgan fingerprint density at radius 2 is 1.68 bits per heavy atom. The van der Waals surface area contributed by atoms with Gasteiger partial charge in [-0.2, -0.15) is 0 Å². The summed E-state index contributed by atoms with van der Waals surface area (Å²) in [7, 11) is 0. The summed E-state index contributed by atoms with van der Waals surface area (Å²) in [5.74, 6) is -1.74. The first-order chi connectivity index (χ1) is 14.6. The van der Waals surface area contributed by atoms with E-state index < -0.39 is 36.0 Å². The molecule has 0 aliphatic heterocycles. The molecule has 1 atom stereocenters. The van der Waals surface area contributed by atoms with Crippen LogP contribution in [0.5, 0.6) is 0 Å². The van der Waals surface area contributed by atoms with Gasteiger partial charge in [-0.15, -0.1) is 0 Å². The molecule has 2 aromatic carbocycles. The van der Waals surface area contributed by atoms with Crippen molar-refractivity contribution in [3.05, 3.63) is 70.2 Å². The number of hydrogen-bond acceptors (Lipinski definition) is 5. The molecular formula is C23H27BrN2O5. The average Bonchev–Trinajstić information content (AvgIpc) is 2.73. The molecular weight excluding hydrogens is 464 g/mol. The molecule has 7 nitrogen and oxygen atoms in total. The summed E-state index contributed by atoms with van der Waals surface area (Å²) >= 11 is 3.44. The zero-order valence-electron chi connectivity index (χ0n) is 17.8. The number of aliphatic hydroxyl groups is 1. The topological polar surface area (TPSA) is 95.9 Å². The predicted molar refractivity (Wildman–Crippen MR) is 120 cm³/mol. The largest absolute Gasteiger partial charge is 0.459 e. The van der Waals surface area contributed by atoms with Crippen molar-refractivity contribution in [1.82, 2.24) is 10.2 Å². The third kappa shape index (κ3) is 7.48. The van der Waals surface area contributed by atoms with Crippen LogP contribution in [0.1, 0.15) is 36.7 Å². The van der Waals surface area contributed by atoms with Crippen LogP contribution in [0.2, 0.25) is 0 Å². The quantitative estimate of drug-likeness (QED) is 0.554. The van der Waals surface area contributed by atoms with Gasteiger partial charge < -0.3 is 20.1 Å². The van der Waals surface area contributed by atoms with E-state index in [-0.39, 0.29) is 13.2 Å². The molecule has 0 radical (unpaired) electrons. The molecule has 0 aromatic heterocycles. The molecule has 2 aromatic rings. The Morgan fingerprint density at radius 1 is 1.06 bits per heavy atom. The second-order valence-corrected chi connectivity index (χ2v) is 8.85. The molecule has 0 heterocycles. The van der Waals surface area contributed by atoms with Gasteiger partial charge in [0.2, 0.25) is 11.8 Å². The van der Waals surface area contributed by atoms with Crippen molar-refractivity contribution in [1.29, 1.82) is 0 Å². The molecule has 166 valence electrons. The fraction of sp³-hybridized carbons (Fsp3) is 0.348. The zero-order valence-corrected chi connectivity index (χ0v) is 19.4. The monoisotopic (exact) mass is 490 g/mol. The Morgan fingerprint density at radius 3 is 2.26 bits per heavy atom. The Labute approximate surface area is 190 Å². The van der Waals surface area contributed by atoms with E-state index in [0.717, 1.165) is 10.0 Å². The molecule has 0 spiro atoms. The Bertz CT molecular complexity index is 912. The van der Waals surface area contributed by atoms with Crippen LogP contribution in [0.4, 0.5) is 0 Å². The van der Waals surface area contributed by atoms with Crippen LogP contribution in [-0.4, -0.2) is 52.6 Å².